The molecule has 0 N–H and O–H groups in total. The molecule has 0 aromatic carbocycles. The molecule has 24 heavy (non-hydrogen) atoms. The minimum Gasteiger partial charge on any atom is -0.299 e. The Kier molecular flexibility index (Phi) is 6.02. The zero-order valence-corrected chi connectivity index (χ0v) is 13.2. The Morgan fingerprint density at radius 3 is 2.62 bits per heavy atom. The van der Waals surface area contributed by atoms with E-state index in [1.807, 2.05) is 0 Å². The van der Waals surface area contributed by atoms with Crippen LogP contribution >= 0.6 is 0 Å². The average molecular weight is 341 g/mol. The Morgan fingerprint density at radius 2 is 2.04 bits per heavy atom. The van der Waals surface area contributed by atoms with Crippen molar-refractivity contribution in [3.8, 4) is 11.4 Å². The van der Waals surface area contributed by atoms with Crippen LogP contribution in [-0.2, 0) is 6.54 Å². The summed E-state index contributed by atoms with van der Waals surface area (Å²) in [6, 6.07) is 1.64. The predicted molar refractivity (Wildman–Crippen MR) is 82.3 cm³/mol. The standard InChI is InChI=1S/C15H18F3N5O/c1-2-22(11-15(16,17)18)7-3-8-23-9-4-12(21-14(23)24)13-10-19-5-6-20-13/h4-6,9-10H,2-3,7-8,11H2,1H3. The molecule has 0 atom stereocenters. The van der Waals surface area contributed by atoms with Gasteiger partial charge in [-0.2, -0.15) is 18.2 Å². The molecule has 0 aliphatic carbocycles. The van der Waals surface area contributed by atoms with Gasteiger partial charge in [0.15, 0.2) is 0 Å². The molecule has 2 heterocycles. The molecule has 2 aromatic heterocycles. The van der Waals surface area contributed by atoms with Crippen LogP contribution in [-0.4, -0.2) is 50.2 Å². The van der Waals surface area contributed by atoms with Crippen LogP contribution in [0.1, 0.15) is 13.3 Å². The molecular weight excluding hydrogens is 323 g/mol. The summed E-state index contributed by atoms with van der Waals surface area (Å²) in [4.78, 5) is 25.2. The first kappa shape index (κ1) is 18.1. The van der Waals surface area contributed by atoms with E-state index in [1.165, 1.54) is 28.1 Å². The van der Waals surface area contributed by atoms with E-state index < -0.39 is 18.4 Å². The third-order valence-corrected chi connectivity index (χ3v) is 3.42. The molecule has 130 valence electrons. The Hall–Kier alpha value is -2.29. The number of nitrogens with zero attached hydrogens (tertiary/aromatic N) is 5. The number of halogens is 3. The Morgan fingerprint density at radius 1 is 1.25 bits per heavy atom. The summed E-state index contributed by atoms with van der Waals surface area (Å²) >= 11 is 0. The van der Waals surface area contributed by atoms with Crippen molar-refractivity contribution in [2.75, 3.05) is 19.6 Å². The fourth-order valence-corrected chi connectivity index (χ4v) is 2.24. The van der Waals surface area contributed by atoms with E-state index in [1.54, 1.807) is 19.2 Å². The van der Waals surface area contributed by atoms with Gasteiger partial charge in [-0.3, -0.25) is 19.4 Å². The average Bonchev–Trinajstić information content (AvgIpc) is 2.55. The normalized spacial score (nSPS) is 11.9. The fraction of sp³-hybridized carbons (Fsp3) is 0.467. The largest absolute Gasteiger partial charge is 0.401 e. The van der Waals surface area contributed by atoms with Gasteiger partial charge in [-0.15, -0.1) is 0 Å². The van der Waals surface area contributed by atoms with Gasteiger partial charge >= 0.3 is 11.9 Å². The lowest BCUT2D eigenvalue weighted by atomic mass is 10.3. The van der Waals surface area contributed by atoms with Crippen LogP contribution in [0.5, 0.6) is 0 Å². The lowest BCUT2D eigenvalue weighted by Gasteiger charge is -2.21. The monoisotopic (exact) mass is 341 g/mol. The first-order chi connectivity index (χ1) is 11.4. The second-order valence-electron chi connectivity index (χ2n) is 5.22. The van der Waals surface area contributed by atoms with Crippen LogP contribution in [0.15, 0.2) is 35.6 Å². The van der Waals surface area contributed by atoms with Crippen molar-refractivity contribution in [1.29, 1.82) is 0 Å². The molecule has 0 unspecified atom stereocenters. The highest BCUT2D eigenvalue weighted by Gasteiger charge is 2.29. The van der Waals surface area contributed by atoms with Crippen LogP contribution in [0.4, 0.5) is 13.2 Å². The van der Waals surface area contributed by atoms with E-state index in [9.17, 15) is 18.0 Å². The molecule has 0 bridgehead atoms. The van der Waals surface area contributed by atoms with E-state index in [-0.39, 0.29) is 6.54 Å². The van der Waals surface area contributed by atoms with Gasteiger partial charge < -0.3 is 0 Å². The Labute approximate surface area is 137 Å². The van der Waals surface area contributed by atoms with Crippen molar-refractivity contribution in [2.24, 2.45) is 0 Å². The SMILES string of the molecule is CCN(CCCn1ccc(-c2cnccn2)nc1=O)CC(F)(F)F. The summed E-state index contributed by atoms with van der Waals surface area (Å²) in [5.41, 5.74) is 0.442. The summed E-state index contributed by atoms with van der Waals surface area (Å²) in [6.07, 6.45) is 2.30. The molecule has 0 amide bonds. The summed E-state index contributed by atoms with van der Waals surface area (Å²) in [5, 5.41) is 0. The van der Waals surface area contributed by atoms with Crippen molar-refractivity contribution < 1.29 is 13.2 Å². The van der Waals surface area contributed by atoms with E-state index in [2.05, 4.69) is 15.0 Å². The van der Waals surface area contributed by atoms with Gasteiger partial charge in [-0.1, -0.05) is 6.92 Å². The van der Waals surface area contributed by atoms with Crippen LogP contribution in [0.3, 0.4) is 0 Å². The van der Waals surface area contributed by atoms with Crippen molar-refractivity contribution in [1.82, 2.24) is 24.4 Å². The predicted octanol–water partition coefficient (Wildman–Crippen LogP) is 1.97. The lowest BCUT2D eigenvalue weighted by molar-refractivity contribution is -0.145. The van der Waals surface area contributed by atoms with Crippen molar-refractivity contribution >= 4 is 0 Å². The number of rotatable bonds is 7. The van der Waals surface area contributed by atoms with Crippen LogP contribution in [0.25, 0.3) is 11.4 Å². The van der Waals surface area contributed by atoms with Crippen molar-refractivity contribution in [3.05, 3.63) is 41.3 Å². The maximum absolute atomic E-state index is 12.4. The summed E-state index contributed by atoms with van der Waals surface area (Å²) < 4.78 is 38.6. The van der Waals surface area contributed by atoms with Gasteiger partial charge in [0.05, 0.1) is 18.4 Å². The quantitative estimate of drug-likeness (QED) is 0.770. The molecule has 0 radical (unpaired) electrons. The van der Waals surface area contributed by atoms with E-state index in [0.29, 0.717) is 30.9 Å². The Bertz CT molecular complexity index is 702. The van der Waals surface area contributed by atoms with Gasteiger partial charge in [0.25, 0.3) is 0 Å². The zero-order valence-electron chi connectivity index (χ0n) is 13.2. The molecule has 0 saturated heterocycles. The smallest absolute Gasteiger partial charge is 0.299 e. The second-order valence-corrected chi connectivity index (χ2v) is 5.22. The van der Waals surface area contributed by atoms with Gasteiger partial charge in [0, 0.05) is 31.7 Å². The van der Waals surface area contributed by atoms with Crippen LogP contribution in [0, 0.1) is 0 Å². The molecule has 0 aliphatic rings. The first-order valence-electron chi connectivity index (χ1n) is 7.52. The van der Waals surface area contributed by atoms with Crippen molar-refractivity contribution in [2.45, 2.75) is 26.1 Å². The zero-order chi connectivity index (χ0) is 17.6. The number of hydrogen-bond acceptors (Lipinski definition) is 5. The Balaban J connectivity index is 1.95. The highest BCUT2D eigenvalue weighted by Crippen LogP contribution is 2.16. The van der Waals surface area contributed by atoms with E-state index in [4.69, 9.17) is 0 Å². The summed E-state index contributed by atoms with van der Waals surface area (Å²) in [7, 11) is 0. The molecule has 6 nitrogen and oxygen atoms in total. The van der Waals surface area contributed by atoms with Crippen molar-refractivity contribution in [3.63, 3.8) is 0 Å². The fourth-order valence-electron chi connectivity index (χ4n) is 2.24. The number of hydrogen-bond donors (Lipinski definition) is 0. The highest BCUT2D eigenvalue weighted by atomic mass is 19.4. The molecule has 9 heteroatoms. The number of alkyl halides is 3. The van der Waals surface area contributed by atoms with Gasteiger partial charge in [0.1, 0.15) is 5.69 Å². The molecule has 0 fully saturated rings. The topological polar surface area (TPSA) is 63.9 Å². The maximum atomic E-state index is 12.4. The van der Waals surface area contributed by atoms with Crippen LogP contribution < -0.4 is 5.69 Å². The minimum atomic E-state index is -4.22. The number of aromatic nitrogens is 4. The minimum absolute atomic E-state index is 0.258. The molecule has 2 aromatic rings. The molecule has 0 aliphatic heterocycles. The lowest BCUT2D eigenvalue weighted by Crippen LogP contribution is -2.35. The highest BCUT2D eigenvalue weighted by molar-refractivity contribution is 5.50. The molecule has 2 rings (SSSR count). The second kappa shape index (κ2) is 8.00. The summed E-state index contributed by atoms with van der Waals surface area (Å²) in [5.74, 6) is 0. The van der Waals surface area contributed by atoms with Gasteiger partial charge in [-0.05, 0) is 19.0 Å². The van der Waals surface area contributed by atoms with Gasteiger partial charge in [-0.25, -0.2) is 4.79 Å². The maximum Gasteiger partial charge on any atom is 0.401 e. The molecule has 0 spiro atoms. The van der Waals surface area contributed by atoms with E-state index >= 15 is 0 Å². The third-order valence-electron chi connectivity index (χ3n) is 3.42. The third kappa shape index (κ3) is 5.41. The van der Waals surface area contributed by atoms with E-state index in [0.717, 1.165) is 0 Å². The van der Waals surface area contributed by atoms with Crippen LogP contribution in [0.2, 0.25) is 0 Å². The molecular formula is C15H18F3N5O. The number of aryl methyl sites for hydroxylation is 1. The first-order valence-corrected chi connectivity index (χ1v) is 7.52. The summed E-state index contributed by atoms with van der Waals surface area (Å²) in [6.45, 7) is 1.60. The van der Waals surface area contributed by atoms with Gasteiger partial charge in [0.2, 0.25) is 0 Å². The molecule has 0 saturated carbocycles.